The van der Waals surface area contributed by atoms with E-state index in [9.17, 15) is 0 Å². The second-order valence-electron chi connectivity index (χ2n) is 5.37. The molecule has 1 heterocycles. The van der Waals surface area contributed by atoms with Gasteiger partial charge in [0.1, 0.15) is 5.75 Å². The lowest BCUT2D eigenvalue weighted by Gasteiger charge is -2.21. The number of hydrogen-bond acceptors (Lipinski definition) is 3. The minimum Gasteiger partial charge on any atom is -0.496 e. The molecule has 0 amide bonds. The van der Waals surface area contributed by atoms with E-state index >= 15 is 0 Å². The van der Waals surface area contributed by atoms with Gasteiger partial charge in [-0.2, -0.15) is 0 Å². The van der Waals surface area contributed by atoms with Crippen molar-refractivity contribution in [3.63, 3.8) is 0 Å². The Morgan fingerprint density at radius 3 is 2.67 bits per heavy atom. The Balaban J connectivity index is 2.19. The molecule has 0 aliphatic carbocycles. The van der Waals surface area contributed by atoms with Crippen molar-refractivity contribution in [3.05, 3.63) is 58.9 Å². The van der Waals surface area contributed by atoms with Gasteiger partial charge < -0.3 is 10.1 Å². The van der Waals surface area contributed by atoms with Gasteiger partial charge in [-0.3, -0.25) is 4.98 Å². The number of nitrogens with zero attached hydrogens (tertiary/aromatic N) is 1. The quantitative estimate of drug-likeness (QED) is 0.880. The van der Waals surface area contributed by atoms with Gasteiger partial charge in [0, 0.05) is 24.0 Å². The van der Waals surface area contributed by atoms with Gasteiger partial charge in [0.2, 0.25) is 0 Å². The van der Waals surface area contributed by atoms with E-state index in [4.69, 9.17) is 4.74 Å². The number of hydrogen-bond donors (Lipinski definition) is 1. The molecule has 2 aromatic rings. The molecule has 0 radical (unpaired) electrons. The van der Waals surface area contributed by atoms with E-state index in [-0.39, 0.29) is 6.04 Å². The fourth-order valence-corrected chi connectivity index (χ4v) is 2.67. The number of rotatable bonds is 6. The van der Waals surface area contributed by atoms with E-state index in [0.29, 0.717) is 0 Å². The van der Waals surface area contributed by atoms with E-state index in [1.165, 1.54) is 22.3 Å². The first-order valence-electron chi connectivity index (χ1n) is 7.37. The maximum absolute atomic E-state index is 5.64. The molecule has 0 bridgehead atoms. The number of methoxy groups -OCH3 is 1. The number of nitrogens with one attached hydrogen (secondary N) is 1. The Morgan fingerprint density at radius 1 is 1.24 bits per heavy atom. The number of aromatic nitrogens is 1. The maximum Gasteiger partial charge on any atom is 0.126 e. The minimum atomic E-state index is 0.277. The highest BCUT2D eigenvalue weighted by Crippen LogP contribution is 2.32. The fourth-order valence-electron chi connectivity index (χ4n) is 2.67. The number of aryl methyl sites for hydroxylation is 2. The van der Waals surface area contributed by atoms with Crippen LogP contribution in [0.1, 0.15) is 34.7 Å². The Labute approximate surface area is 127 Å². The summed E-state index contributed by atoms with van der Waals surface area (Å²) in [6.45, 7) is 4.23. The van der Waals surface area contributed by atoms with Crippen molar-refractivity contribution in [1.82, 2.24) is 10.3 Å². The smallest absolute Gasteiger partial charge is 0.126 e. The first-order chi connectivity index (χ1) is 10.2. The summed E-state index contributed by atoms with van der Waals surface area (Å²) in [6.07, 6.45) is 5.76. The highest BCUT2D eigenvalue weighted by molar-refractivity contribution is 5.46. The van der Waals surface area contributed by atoms with Gasteiger partial charge in [-0.1, -0.05) is 18.2 Å². The monoisotopic (exact) mass is 284 g/mol. The van der Waals surface area contributed by atoms with Crippen molar-refractivity contribution < 1.29 is 4.74 Å². The van der Waals surface area contributed by atoms with Gasteiger partial charge in [0.05, 0.1) is 7.11 Å². The van der Waals surface area contributed by atoms with Crippen molar-refractivity contribution in [3.8, 4) is 5.75 Å². The summed E-state index contributed by atoms with van der Waals surface area (Å²) in [4.78, 5) is 4.18. The van der Waals surface area contributed by atoms with Crippen LogP contribution in [0.25, 0.3) is 0 Å². The third-order valence-corrected chi connectivity index (χ3v) is 4.08. The normalized spacial score (nSPS) is 12.2. The average Bonchev–Trinajstić information content (AvgIpc) is 2.52. The third-order valence-electron chi connectivity index (χ3n) is 4.08. The Morgan fingerprint density at radius 2 is 2.05 bits per heavy atom. The highest BCUT2D eigenvalue weighted by atomic mass is 16.5. The molecule has 0 fully saturated rings. The predicted octanol–water partition coefficient (Wildman–Crippen LogP) is 3.60. The molecule has 1 unspecified atom stereocenters. The molecule has 1 N–H and O–H groups in total. The van der Waals surface area contributed by atoms with Crippen molar-refractivity contribution in [2.24, 2.45) is 0 Å². The zero-order valence-electron chi connectivity index (χ0n) is 13.3. The molecule has 3 heteroatoms. The maximum atomic E-state index is 5.64. The SMILES string of the molecule is CNC(CCc1cccnc1)c1ccc(C)c(C)c1OC. The van der Waals surface area contributed by atoms with Crippen molar-refractivity contribution in [2.75, 3.05) is 14.2 Å². The van der Waals surface area contributed by atoms with Crippen LogP contribution >= 0.6 is 0 Å². The van der Waals surface area contributed by atoms with Gasteiger partial charge in [-0.05, 0) is 56.5 Å². The van der Waals surface area contributed by atoms with Crippen LogP contribution in [0.4, 0.5) is 0 Å². The van der Waals surface area contributed by atoms with Crippen LogP contribution < -0.4 is 10.1 Å². The summed E-state index contributed by atoms with van der Waals surface area (Å²) >= 11 is 0. The second kappa shape index (κ2) is 7.23. The molecular weight excluding hydrogens is 260 g/mol. The Bertz CT molecular complexity index is 581. The second-order valence-corrected chi connectivity index (χ2v) is 5.37. The van der Waals surface area contributed by atoms with Gasteiger partial charge >= 0.3 is 0 Å². The fraction of sp³-hybridized carbons (Fsp3) is 0.389. The summed E-state index contributed by atoms with van der Waals surface area (Å²) in [7, 11) is 3.75. The van der Waals surface area contributed by atoms with E-state index < -0.39 is 0 Å². The largest absolute Gasteiger partial charge is 0.496 e. The van der Waals surface area contributed by atoms with E-state index in [1.807, 2.05) is 25.5 Å². The molecule has 2 rings (SSSR count). The third kappa shape index (κ3) is 3.61. The molecule has 112 valence electrons. The highest BCUT2D eigenvalue weighted by Gasteiger charge is 2.17. The molecule has 3 nitrogen and oxygen atoms in total. The Hall–Kier alpha value is -1.87. The first-order valence-corrected chi connectivity index (χ1v) is 7.37. The molecular formula is C18H24N2O. The summed E-state index contributed by atoms with van der Waals surface area (Å²) in [5.74, 6) is 1.00. The zero-order chi connectivity index (χ0) is 15.2. The van der Waals surface area contributed by atoms with Gasteiger partial charge in [-0.25, -0.2) is 0 Å². The lowest BCUT2D eigenvalue weighted by atomic mass is 9.95. The van der Waals surface area contributed by atoms with Crippen LogP contribution in [0.5, 0.6) is 5.75 Å². The van der Waals surface area contributed by atoms with Gasteiger partial charge in [0.25, 0.3) is 0 Å². The van der Waals surface area contributed by atoms with Crippen LogP contribution in [0.15, 0.2) is 36.7 Å². The molecule has 0 saturated heterocycles. The van der Waals surface area contributed by atoms with Crippen LogP contribution in [0.3, 0.4) is 0 Å². The van der Waals surface area contributed by atoms with Crippen LogP contribution in [0, 0.1) is 13.8 Å². The van der Waals surface area contributed by atoms with E-state index in [1.54, 1.807) is 7.11 Å². The van der Waals surface area contributed by atoms with Crippen LogP contribution in [-0.2, 0) is 6.42 Å². The lowest BCUT2D eigenvalue weighted by Crippen LogP contribution is -2.18. The van der Waals surface area contributed by atoms with Crippen molar-refractivity contribution in [2.45, 2.75) is 32.7 Å². The predicted molar refractivity (Wildman–Crippen MR) is 86.8 cm³/mol. The average molecular weight is 284 g/mol. The lowest BCUT2D eigenvalue weighted by molar-refractivity contribution is 0.395. The molecule has 0 spiro atoms. The van der Waals surface area contributed by atoms with Crippen LogP contribution in [-0.4, -0.2) is 19.1 Å². The number of ether oxygens (including phenoxy) is 1. The molecule has 1 aromatic heterocycles. The molecule has 0 saturated carbocycles. The minimum absolute atomic E-state index is 0.277. The van der Waals surface area contributed by atoms with Crippen molar-refractivity contribution in [1.29, 1.82) is 0 Å². The molecule has 0 aliphatic rings. The summed E-state index contributed by atoms with van der Waals surface area (Å²) < 4.78 is 5.64. The zero-order valence-corrected chi connectivity index (χ0v) is 13.3. The number of benzene rings is 1. The van der Waals surface area contributed by atoms with Gasteiger partial charge in [0.15, 0.2) is 0 Å². The van der Waals surface area contributed by atoms with E-state index in [2.05, 4.69) is 42.3 Å². The Kier molecular flexibility index (Phi) is 5.34. The number of pyridine rings is 1. The summed E-state index contributed by atoms with van der Waals surface area (Å²) in [5, 5.41) is 3.41. The van der Waals surface area contributed by atoms with Crippen LogP contribution in [0.2, 0.25) is 0 Å². The standard InChI is InChI=1S/C18H24N2O/c1-13-7-9-16(18(21-4)14(13)2)17(19-3)10-8-15-6-5-11-20-12-15/h5-7,9,11-12,17,19H,8,10H2,1-4H3. The first kappa shape index (κ1) is 15.5. The summed E-state index contributed by atoms with van der Waals surface area (Å²) in [5.41, 5.74) is 4.97. The molecule has 0 aliphatic heterocycles. The van der Waals surface area contributed by atoms with Gasteiger partial charge in [-0.15, -0.1) is 0 Å². The topological polar surface area (TPSA) is 34.2 Å². The molecule has 1 atom stereocenters. The summed E-state index contributed by atoms with van der Waals surface area (Å²) in [6, 6.07) is 8.73. The molecule has 1 aromatic carbocycles. The molecule has 21 heavy (non-hydrogen) atoms. The van der Waals surface area contributed by atoms with Crippen molar-refractivity contribution >= 4 is 0 Å². The van der Waals surface area contributed by atoms with E-state index in [0.717, 1.165) is 18.6 Å².